The third-order valence-corrected chi connectivity index (χ3v) is 6.85. The van der Waals surface area contributed by atoms with Crippen molar-refractivity contribution in [2.24, 2.45) is 0 Å². The Hall–Kier alpha value is -3.18. The maximum Gasteiger partial charge on any atom is 0.263 e. The van der Waals surface area contributed by atoms with Crippen molar-refractivity contribution < 1.29 is 4.79 Å². The van der Waals surface area contributed by atoms with Gasteiger partial charge in [-0.1, -0.05) is 73.5 Å². The molecule has 0 radical (unpaired) electrons. The Bertz CT molecular complexity index is 1200. The lowest BCUT2D eigenvalue weighted by molar-refractivity contribution is 0.0943. The zero-order chi connectivity index (χ0) is 20.5. The van der Waals surface area contributed by atoms with E-state index in [9.17, 15) is 4.79 Å². The molecule has 1 aliphatic carbocycles. The summed E-state index contributed by atoms with van der Waals surface area (Å²) in [5.41, 5.74) is 11.1. The predicted molar refractivity (Wildman–Crippen MR) is 125 cm³/mol. The van der Waals surface area contributed by atoms with Crippen molar-refractivity contribution in [3.63, 3.8) is 0 Å². The number of carbonyl (C=O) groups excluding carboxylic acids is 1. The summed E-state index contributed by atoms with van der Waals surface area (Å²) in [7, 11) is 0. The van der Waals surface area contributed by atoms with Crippen LogP contribution < -0.4 is 11.1 Å². The van der Waals surface area contributed by atoms with Crippen LogP contribution in [0.15, 0.2) is 66.7 Å². The first-order valence-electron chi connectivity index (χ1n) is 10.4. The van der Waals surface area contributed by atoms with Gasteiger partial charge in [0.1, 0.15) is 9.71 Å². The molecule has 3 N–H and O–H groups in total. The number of nitrogen functional groups attached to an aromatic ring is 1. The van der Waals surface area contributed by atoms with Crippen LogP contribution in [-0.4, -0.2) is 16.9 Å². The lowest BCUT2D eigenvalue weighted by Gasteiger charge is -2.11. The minimum Gasteiger partial charge on any atom is -0.397 e. The average Bonchev–Trinajstić information content (AvgIpc) is 3.42. The molecule has 0 atom stereocenters. The smallest absolute Gasteiger partial charge is 0.263 e. The minimum absolute atomic E-state index is 0.0809. The summed E-state index contributed by atoms with van der Waals surface area (Å²) >= 11 is 1.38. The van der Waals surface area contributed by atoms with Crippen molar-refractivity contribution in [3.8, 4) is 22.4 Å². The van der Waals surface area contributed by atoms with Crippen molar-refractivity contribution in [1.29, 1.82) is 0 Å². The molecule has 1 fully saturated rings. The van der Waals surface area contributed by atoms with E-state index in [1.54, 1.807) is 0 Å². The van der Waals surface area contributed by atoms with Gasteiger partial charge in [0.15, 0.2) is 0 Å². The number of nitrogens with two attached hydrogens (primary N) is 1. The second-order valence-electron chi connectivity index (χ2n) is 7.77. The van der Waals surface area contributed by atoms with Crippen molar-refractivity contribution in [3.05, 3.63) is 71.6 Å². The van der Waals surface area contributed by atoms with Gasteiger partial charge in [0.05, 0.1) is 11.4 Å². The Morgan fingerprint density at radius 3 is 2.27 bits per heavy atom. The molecule has 0 bridgehead atoms. The third-order valence-electron chi connectivity index (χ3n) is 5.75. The Morgan fingerprint density at radius 1 is 0.967 bits per heavy atom. The number of hydrogen-bond donors (Lipinski definition) is 2. The number of nitrogens with zero attached hydrogens (tertiary/aromatic N) is 1. The summed E-state index contributed by atoms with van der Waals surface area (Å²) in [5.74, 6) is -0.0809. The quantitative estimate of drug-likeness (QED) is 0.439. The van der Waals surface area contributed by atoms with Gasteiger partial charge in [0.2, 0.25) is 0 Å². The molecule has 1 saturated carbocycles. The molecular formula is C25H23N3OS. The molecule has 4 nitrogen and oxygen atoms in total. The van der Waals surface area contributed by atoms with Crippen LogP contribution in [0.2, 0.25) is 0 Å². The fourth-order valence-corrected chi connectivity index (χ4v) is 5.24. The first kappa shape index (κ1) is 18.8. The largest absolute Gasteiger partial charge is 0.397 e. The van der Waals surface area contributed by atoms with Crippen molar-refractivity contribution in [2.75, 3.05) is 5.73 Å². The normalized spacial score (nSPS) is 14.3. The first-order valence-corrected chi connectivity index (χ1v) is 11.2. The molecule has 0 spiro atoms. The number of amides is 1. The molecule has 0 saturated heterocycles. The van der Waals surface area contributed by atoms with Gasteiger partial charge in [-0.05, 0) is 30.0 Å². The summed E-state index contributed by atoms with van der Waals surface area (Å²) in [6.07, 6.45) is 4.43. The number of hydrogen-bond acceptors (Lipinski definition) is 4. The van der Waals surface area contributed by atoms with Crippen molar-refractivity contribution in [2.45, 2.75) is 31.7 Å². The zero-order valence-electron chi connectivity index (χ0n) is 16.6. The van der Waals surface area contributed by atoms with Crippen LogP contribution in [0.3, 0.4) is 0 Å². The second-order valence-corrected chi connectivity index (χ2v) is 8.77. The van der Waals surface area contributed by atoms with Gasteiger partial charge < -0.3 is 11.1 Å². The van der Waals surface area contributed by atoms with E-state index >= 15 is 0 Å². The zero-order valence-corrected chi connectivity index (χ0v) is 17.4. The monoisotopic (exact) mass is 413 g/mol. The number of aromatic nitrogens is 1. The molecule has 0 aliphatic heterocycles. The summed E-state index contributed by atoms with van der Waals surface area (Å²) < 4.78 is 0. The fraction of sp³-hybridized carbons (Fsp3) is 0.200. The SMILES string of the molecule is Nc1c(C(=O)NC2CCCC2)sc2nc(-c3ccccc3)cc(-c3ccccc3)c12. The molecule has 2 heterocycles. The molecule has 5 heteroatoms. The number of pyridine rings is 1. The minimum atomic E-state index is -0.0809. The van der Waals surface area contributed by atoms with Gasteiger partial charge in [-0.2, -0.15) is 0 Å². The molecule has 0 unspecified atom stereocenters. The average molecular weight is 414 g/mol. The maximum atomic E-state index is 13.0. The molecule has 5 rings (SSSR count). The van der Waals surface area contributed by atoms with Crippen LogP contribution in [0.25, 0.3) is 32.6 Å². The van der Waals surface area contributed by atoms with Crippen LogP contribution in [0, 0.1) is 0 Å². The Morgan fingerprint density at radius 2 is 1.60 bits per heavy atom. The van der Waals surface area contributed by atoms with Crippen LogP contribution in [0.1, 0.15) is 35.4 Å². The Labute approximate surface area is 179 Å². The summed E-state index contributed by atoms with van der Waals surface area (Å²) in [6.45, 7) is 0. The summed E-state index contributed by atoms with van der Waals surface area (Å²) in [4.78, 5) is 19.2. The number of nitrogens with one attached hydrogen (secondary N) is 1. The molecule has 150 valence electrons. The Balaban J connectivity index is 1.67. The van der Waals surface area contributed by atoms with Gasteiger partial charge >= 0.3 is 0 Å². The molecule has 1 amide bonds. The highest BCUT2D eigenvalue weighted by Gasteiger charge is 2.24. The van der Waals surface area contributed by atoms with E-state index in [0.29, 0.717) is 10.6 Å². The molecule has 2 aromatic carbocycles. The first-order chi connectivity index (χ1) is 14.7. The number of carbonyl (C=O) groups is 1. The number of thiophene rings is 1. The van der Waals surface area contributed by atoms with E-state index in [1.807, 2.05) is 48.5 Å². The highest BCUT2D eigenvalue weighted by atomic mass is 32.1. The fourth-order valence-electron chi connectivity index (χ4n) is 4.21. The van der Waals surface area contributed by atoms with E-state index in [4.69, 9.17) is 10.7 Å². The van der Waals surface area contributed by atoms with Gasteiger partial charge in [0, 0.05) is 17.0 Å². The number of fused-ring (bicyclic) bond motifs is 1. The van der Waals surface area contributed by atoms with Crippen molar-refractivity contribution >= 4 is 33.1 Å². The Kier molecular flexibility index (Phi) is 4.97. The highest BCUT2D eigenvalue weighted by molar-refractivity contribution is 7.21. The van der Waals surface area contributed by atoms with Crippen LogP contribution in [0.4, 0.5) is 5.69 Å². The van der Waals surface area contributed by atoms with Crippen molar-refractivity contribution in [1.82, 2.24) is 10.3 Å². The second kappa shape index (κ2) is 7.92. The molecule has 1 aliphatic rings. The molecule has 30 heavy (non-hydrogen) atoms. The molecule has 4 aromatic rings. The topological polar surface area (TPSA) is 68.0 Å². The third kappa shape index (κ3) is 3.46. The maximum absolute atomic E-state index is 13.0. The number of anilines is 1. The summed E-state index contributed by atoms with van der Waals surface area (Å²) in [6, 6.07) is 22.6. The van der Waals surface area contributed by atoms with Crippen LogP contribution >= 0.6 is 11.3 Å². The lowest BCUT2D eigenvalue weighted by Crippen LogP contribution is -2.32. The predicted octanol–water partition coefficient (Wildman–Crippen LogP) is 5.88. The molecule has 2 aromatic heterocycles. The van der Waals surface area contributed by atoms with Gasteiger partial charge in [-0.3, -0.25) is 4.79 Å². The summed E-state index contributed by atoms with van der Waals surface area (Å²) in [5, 5.41) is 4.03. The standard InChI is InChI=1S/C25H23N3OS/c26-22-21-19(16-9-3-1-4-10-16)15-20(17-11-5-2-6-12-17)28-25(21)30-23(22)24(29)27-18-13-7-8-14-18/h1-6,9-12,15,18H,7-8,13-14,26H2,(H,27,29). The van der Waals surface area contributed by atoms with Crippen LogP contribution in [0.5, 0.6) is 0 Å². The van der Waals surface area contributed by atoms with E-state index < -0.39 is 0 Å². The van der Waals surface area contributed by atoms with E-state index in [0.717, 1.165) is 45.4 Å². The van der Waals surface area contributed by atoms with Gasteiger partial charge in [0.25, 0.3) is 5.91 Å². The highest BCUT2D eigenvalue weighted by Crippen LogP contribution is 2.41. The number of rotatable bonds is 4. The lowest BCUT2D eigenvalue weighted by atomic mass is 9.99. The molecular weight excluding hydrogens is 390 g/mol. The number of benzene rings is 2. The van der Waals surface area contributed by atoms with Gasteiger partial charge in [-0.25, -0.2) is 4.98 Å². The van der Waals surface area contributed by atoms with E-state index in [-0.39, 0.29) is 11.9 Å². The van der Waals surface area contributed by atoms with E-state index in [1.165, 1.54) is 24.2 Å². The van der Waals surface area contributed by atoms with E-state index in [2.05, 4.69) is 23.5 Å². The van der Waals surface area contributed by atoms with Crippen LogP contribution in [-0.2, 0) is 0 Å². The van der Waals surface area contributed by atoms with Gasteiger partial charge in [-0.15, -0.1) is 11.3 Å².